The number of aliphatic imine (C=N–C) groups is 1. The smallest absolute Gasteiger partial charge is 0.273 e. The number of nitrogens with zero attached hydrogens (tertiary/aromatic N) is 2. The lowest BCUT2D eigenvalue weighted by Crippen LogP contribution is -2.25. The molecular weight excluding hydrogens is 258 g/mol. The van der Waals surface area contributed by atoms with Gasteiger partial charge in [0, 0.05) is 12.3 Å². The van der Waals surface area contributed by atoms with Gasteiger partial charge in [-0.1, -0.05) is 11.2 Å². The maximum atomic E-state index is 11.9. The number of allylic oxidation sites excluding steroid dienone is 1. The van der Waals surface area contributed by atoms with E-state index >= 15 is 0 Å². The van der Waals surface area contributed by atoms with Crippen molar-refractivity contribution in [3.63, 3.8) is 0 Å². The van der Waals surface area contributed by atoms with Crippen LogP contribution in [0.5, 0.6) is 0 Å². The molecule has 1 N–H and O–H groups in total. The van der Waals surface area contributed by atoms with Crippen molar-refractivity contribution < 1.29 is 13.7 Å². The van der Waals surface area contributed by atoms with E-state index in [4.69, 9.17) is 8.94 Å². The van der Waals surface area contributed by atoms with Gasteiger partial charge in [-0.05, 0) is 25.0 Å². The second-order valence-electron chi connectivity index (χ2n) is 4.32. The molecule has 0 saturated carbocycles. The lowest BCUT2D eigenvalue weighted by Gasteiger charge is -2.06. The molecule has 0 spiro atoms. The molecule has 6 nitrogen and oxygen atoms in total. The summed E-state index contributed by atoms with van der Waals surface area (Å²) in [5, 5.41) is 6.48. The zero-order valence-electron chi connectivity index (χ0n) is 10.7. The van der Waals surface area contributed by atoms with Crippen molar-refractivity contribution in [2.45, 2.75) is 12.8 Å². The molecule has 1 aliphatic rings. The lowest BCUT2D eigenvalue weighted by atomic mass is 10.2. The number of carbonyl (C=O) groups excluding carboxylic acids is 1. The van der Waals surface area contributed by atoms with Crippen molar-refractivity contribution in [2.24, 2.45) is 4.99 Å². The Morgan fingerprint density at radius 1 is 1.35 bits per heavy atom. The van der Waals surface area contributed by atoms with Crippen LogP contribution < -0.4 is 5.32 Å². The number of hydrogen-bond acceptors (Lipinski definition) is 5. The standard InChI is InChI=1S/C14H13N3O3/c18-14(16-9-10-4-1-2-6-15-10)11-8-13(20-17-11)12-5-3-7-19-12/h3-8H,1-2,9H2,(H,16,18). The summed E-state index contributed by atoms with van der Waals surface area (Å²) in [6.45, 7) is 0.387. The van der Waals surface area contributed by atoms with Crippen LogP contribution in [0.25, 0.3) is 11.5 Å². The van der Waals surface area contributed by atoms with Crippen molar-refractivity contribution in [3.05, 3.63) is 41.9 Å². The summed E-state index contributed by atoms with van der Waals surface area (Å²) in [4.78, 5) is 16.1. The van der Waals surface area contributed by atoms with Gasteiger partial charge in [-0.2, -0.15) is 0 Å². The summed E-state index contributed by atoms with van der Waals surface area (Å²) >= 11 is 0. The lowest BCUT2D eigenvalue weighted by molar-refractivity contribution is 0.0948. The predicted octanol–water partition coefficient (Wildman–Crippen LogP) is 2.41. The van der Waals surface area contributed by atoms with Crippen LogP contribution in [0, 0.1) is 0 Å². The first-order valence-electron chi connectivity index (χ1n) is 6.33. The van der Waals surface area contributed by atoms with Crippen molar-refractivity contribution >= 4 is 12.1 Å². The Bertz CT molecular complexity index is 653. The number of nitrogens with one attached hydrogen (secondary N) is 1. The monoisotopic (exact) mass is 271 g/mol. The van der Waals surface area contributed by atoms with Gasteiger partial charge >= 0.3 is 0 Å². The molecule has 0 fully saturated rings. The average molecular weight is 271 g/mol. The van der Waals surface area contributed by atoms with E-state index in [1.807, 2.05) is 12.3 Å². The van der Waals surface area contributed by atoms with E-state index < -0.39 is 0 Å². The van der Waals surface area contributed by atoms with Gasteiger partial charge in [-0.15, -0.1) is 0 Å². The van der Waals surface area contributed by atoms with E-state index in [-0.39, 0.29) is 11.6 Å². The summed E-state index contributed by atoms with van der Waals surface area (Å²) in [5.74, 6) is 0.666. The molecule has 102 valence electrons. The maximum absolute atomic E-state index is 11.9. The zero-order valence-corrected chi connectivity index (χ0v) is 10.7. The van der Waals surface area contributed by atoms with Crippen molar-refractivity contribution in [3.8, 4) is 11.5 Å². The van der Waals surface area contributed by atoms with E-state index in [0.717, 1.165) is 18.5 Å². The molecule has 0 atom stereocenters. The molecule has 1 aliphatic heterocycles. The number of furan rings is 1. The minimum Gasteiger partial charge on any atom is -0.461 e. The highest BCUT2D eigenvalue weighted by atomic mass is 16.5. The molecule has 0 unspecified atom stereocenters. The minimum atomic E-state index is -0.298. The molecule has 2 aromatic rings. The second kappa shape index (κ2) is 5.56. The summed E-state index contributed by atoms with van der Waals surface area (Å²) in [6.07, 6.45) is 7.31. The molecule has 0 bridgehead atoms. The van der Waals surface area contributed by atoms with Gasteiger partial charge in [0.05, 0.1) is 18.5 Å². The number of hydrogen-bond donors (Lipinski definition) is 1. The maximum Gasteiger partial charge on any atom is 0.273 e. The summed E-state index contributed by atoms with van der Waals surface area (Å²) in [7, 11) is 0. The van der Waals surface area contributed by atoms with Crippen LogP contribution in [0.3, 0.4) is 0 Å². The third-order valence-corrected chi connectivity index (χ3v) is 2.87. The van der Waals surface area contributed by atoms with Crippen molar-refractivity contribution in [2.75, 3.05) is 6.54 Å². The van der Waals surface area contributed by atoms with Crippen LogP contribution in [-0.2, 0) is 0 Å². The van der Waals surface area contributed by atoms with Gasteiger partial charge in [0.1, 0.15) is 0 Å². The molecule has 3 heterocycles. The highest BCUT2D eigenvalue weighted by Crippen LogP contribution is 2.20. The second-order valence-corrected chi connectivity index (χ2v) is 4.32. The zero-order chi connectivity index (χ0) is 13.8. The van der Waals surface area contributed by atoms with Gasteiger partial charge in [0.15, 0.2) is 11.5 Å². The average Bonchev–Trinajstić information content (AvgIpc) is 3.16. The molecular formula is C14H13N3O3. The first kappa shape index (κ1) is 12.4. The fraction of sp³-hybridized carbons (Fsp3) is 0.214. The topological polar surface area (TPSA) is 80.6 Å². The third kappa shape index (κ3) is 2.69. The van der Waals surface area contributed by atoms with Gasteiger partial charge in [0.2, 0.25) is 5.76 Å². The van der Waals surface area contributed by atoms with Crippen molar-refractivity contribution in [1.29, 1.82) is 0 Å². The molecule has 0 radical (unpaired) electrons. The van der Waals surface area contributed by atoms with E-state index in [0.29, 0.717) is 18.1 Å². The third-order valence-electron chi connectivity index (χ3n) is 2.87. The quantitative estimate of drug-likeness (QED) is 0.925. The van der Waals surface area contributed by atoms with Crippen molar-refractivity contribution in [1.82, 2.24) is 10.5 Å². The Hall–Kier alpha value is -2.63. The van der Waals surface area contributed by atoms with Crippen LogP contribution in [0.1, 0.15) is 23.3 Å². The molecule has 3 rings (SSSR count). The van der Waals surface area contributed by atoms with Crippen LogP contribution >= 0.6 is 0 Å². The Balaban J connectivity index is 1.63. The normalized spacial score (nSPS) is 14.1. The predicted molar refractivity (Wildman–Crippen MR) is 72.3 cm³/mol. The SMILES string of the molecule is O=C(NCC1=CCCC=N1)c1cc(-c2ccco2)on1. The molecule has 6 heteroatoms. The number of rotatable bonds is 4. The van der Waals surface area contributed by atoms with Gasteiger partial charge in [-0.25, -0.2) is 0 Å². The summed E-state index contributed by atoms with van der Waals surface area (Å²) in [5.41, 5.74) is 1.08. The highest BCUT2D eigenvalue weighted by Gasteiger charge is 2.15. The Kier molecular flexibility index (Phi) is 3.45. The van der Waals surface area contributed by atoms with E-state index in [9.17, 15) is 4.79 Å². The van der Waals surface area contributed by atoms with Crippen LogP contribution in [0.15, 0.2) is 50.2 Å². The van der Waals surface area contributed by atoms with E-state index in [1.54, 1.807) is 18.2 Å². The minimum absolute atomic E-state index is 0.219. The Morgan fingerprint density at radius 2 is 2.30 bits per heavy atom. The van der Waals surface area contributed by atoms with Gasteiger partial charge < -0.3 is 14.3 Å². The first-order valence-corrected chi connectivity index (χ1v) is 6.33. The summed E-state index contributed by atoms with van der Waals surface area (Å²) < 4.78 is 10.2. The highest BCUT2D eigenvalue weighted by molar-refractivity contribution is 5.93. The molecule has 1 amide bonds. The van der Waals surface area contributed by atoms with E-state index in [2.05, 4.69) is 15.5 Å². The Labute approximate surface area is 115 Å². The van der Waals surface area contributed by atoms with E-state index in [1.165, 1.54) is 6.26 Å². The summed E-state index contributed by atoms with van der Waals surface area (Å²) in [6, 6.07) is 5.03. The molecule has 20 heavy (non-hydrogen) atoms. The number of aromatic nitrogens is 1. The van der Waals surface area contributed by atoms with Crippen LogP contribution in [0.4, 0.5) is 0 Å². The first-order chi connectivity index (χ1) is 9.83. The fourth-order valence-electron chi connectivity index (χ4n) is 1.86. The molecule has 2 aromatic heterocycles. The molecule has 0 saturated heterocycles. The van der Waals surface area contributed by atoms with Gasteiger partial charge in [-0.3, -0.25) is 9.79 Å². The molecule has 0 aliphatic carbocycles. The number of carbonyl (C=O) groups is 1. The van der Waals surface area contributed by atoms with Crippen LogP contribution in [-0.4, -0.2) is 23.8 Å². The largest absolute Gasteiger partial charge is 0.461 e. The fourth-order valence-corrected chi connectivity index (χ4v) is 1.86. The molecule has 0 aromatic carbocycles. The van der Waals surface area contributed by atoms with Gasteiger partial charge in [0.25, 0.3) is 5.91 Å². The Morgan fingerprint density at radius 3 is 3.05 bits per heavy atom. The van der Waals surface area contributed by atoms with Crippen LogP contribution in [0.2, 0.25) is 0 Å². The number of amides is 1.